The van der Waals surface area contributed by atoms with E-state index in [2.05, 4.69) is 18.7 Å². The van der Waals surface area contributed by atoms with Gasteiger partial charge in [0.15, 0.2) is 0 Å². The first-order chi connectivity index (χ1) is 14.0. The molecule has 1 aromatic rings. The smallest absolute Gasteiger partial charge is 0.253 e. The highest BCUT2D eigenvalue weighted by Gasteiger charge is 2.27. The summed E-state index contributed by atoms with van der Waals surface area (Å²) in [4.78, 5) is 16.9. The number of aliphatic hydroxyl groups excluding tert-OH is 1. The molecule has 0 aliphatic carbocycles. The fourth-order valence-corrected chi connectivity index (χ4v) is 3.46. The van der Waals surface area contributed by atoms with Gasteiger partial charge in [0.05, 0.1) is 31.0 Å². The number of nitrogens with zero attached hydrogens (tertiary/aromatic N) is 2. The van der Waals surface area contributed by atoms with Gasteiger partial charge in [0.1, 0.15) is 5.82 Å². The minimum absolute atomic E-state index is 0.122. The van der Waals surface area contributed by atoms with Gasteiger partial charge in [-0.1, -0.05) is 13.8 Å². The Bertz CT molecular complexity index is 660. The summed E-state index contributed by atoms with van der Waals surface area (Å²) < 4.78 is 24.8. The van der Waals surface area contributed by atoms with Crippen LogP contribution < -0.4 is 0 Å². The number of morpholine rings is 1. The Morgan fingerprint density at radius 3 is 2.60 bits per heavy atom. The zero-order valence-corrected chi connectivity index (χ0v) is 18.9. The third-order valence-corrected chi connectivity index (χ3v) is 4.79. The molecule has 170 valence electrons. The molecule has 0 bridgehead atoms. The van der Waals surface area contributed by atoms with Gasteiger partial charge < -0.3 is 19.5 Å². The van der Waals surface area contributed by atoms with E-state index in [0.717, 1.165) is 6.54 Å². The first-order valence-electron chi connectivity index (χ1n) is 10.7. The van der Waals surface area contributed by atoms with Crippen LogP contribution in [-0.2, 0) is 9.47 Å². The maximum atomic E-state index is 13.2. The molecule has 1 aromatic carbocycles. The predicted octanol–water partition coefficient (Wildman–Crippen LogP) is 2.80. The maximum absolute atomic E-state index is 13.2. The Morgan fingerprint density at radius 1 is 1.33 bits per heavy atom. The number of amides is 1. The SMILES string of the molecule is CC(C)CN(C[C@@H]1CN(C[C@H](O)COC(C)(C)C)CCO1)C(=O)c1ccc(F)cc1. The van der Waals surface area contributed by atoms with Crippen molar-refractivity contribution >= 4 is 5.91 Å². The number of hydrogen-bond acceptors (Lipinski definition) is 5. The molecule has 0 radical (unpaired) electrons. The van der Waals surface area contributed by atoms with Crippen molar-refractivity contribution in [3.8, 4) is 0 Å². The van der Waals surface area contributed by atoms with Crippen LogP contribution in [0.25, 0.3) is 0 Å². The lowest BCUT2D eigenvalue weighted by molar-refractivity contribution is -0.0783. The van der Waals surface area contributed by atoms with Gasteiger partial charge in [0.25, 0.3) is 5.91 Å². The molecule has 7 heteroatoms. The second kappa shape index (κ2) is 11.2. The number of hydrogen-bond donors (Lipinski definition) is 1. The summed E-state index contributed by atoms with van der Waals surface area (Å²) in [7, 11) is 0. The number of benzene rings is 1. The van der Waals surface area contributed by atoms with Crippen molar-refractivity contribution in [1.29, 1.82) is 0 Å². The van der Waals surface area contributed by atoms with E-state index in [-0.39, 0.29) is 30.0 Å². The Labute approximate surface area is 179 Å². The van der Waals surface area contributed by atoms with Crippen molar-refractivity contribution in [3.63, 3.8) is 0 Å². The Hall–Kier alpha value is -1.54. The van der Waals surface area contributed by atoms with E-state index in [0.29, 0.717) is 44.3 Å². The number of ether oxygens (including phenoxy) is 2. The van der Waals surface area contributed by atoms with E-state index in [9.17, 15) is 14.3 Å². The number of carbonyl (C=O) groups is 1. The summed E-state index contributed by atoms with van der Waals surface area (Å²) in [6.45, 7) is 13.8. The lowest BCUT2D eigenvalue weighted by Crippen LogP contribution is -2.51. The molecule has 1 heterocycles. The second-order valence-corrected chi connectivity index (χ2v) is 9.44. The van der Waals surface area contributed by atoms with Gasteiger partial charge in [0, 0.05) is 38.3 Å². The van der Waals surface area contributed by atoms with Crippen LogP contribution in [0.2, 0.25) is 0 Å². The number of halogens is 1. The van der Waals surface area contributed by atoms with Gasteiger partial charge in [-0.3, -0.25) is 9.69 Å². The quantitative estimate of drug-likeness (QED) is 0.661. The van der Waals surface area contributed by atoms with E-state index in [1.807, 2.05) is 20.8 Å². The van der Waals surface area contributed by atoms with Gasteiger partial charge in [-0.05, 0) is 51.0 Å². The molecule has 1 aliphatic rings. The van der Waals surface area contributed by atoms with Crippen LogP contribution in [0.3, 0.4) is 0 Å². The molecule has 1 aliphatic heterocycles. The summed E-state index contributed by atoms with van der Waals surface area (Å²) in [6.07, 6.45) is -0.715. The molecule has 1 amide bonds. The van der Waals surface area contributed by atoms with Gasteiger partial charge in [-0.2, -0.15) is 0 Å². The monoisotopic (exact) mass is 424 g/mol. The maximum Gasteiger partial charge on any atom is 0.253 e. The fraction of sp³-hybridized carbons (Fsp3) is 0.696. The molecular formula is C23H37FN2O4. The molecule has 0 unspecified atom stereocenters. The van der Waals surface area contributed by atoms with Crippen molar-refractivity contribution < 1.29 is 23.8 Å². The molecule has 2 rings (SSSR count). The molecule has 6 nitrogen and oxygen atoms in total. The minimum Gasteiger partial charge on any atom is -0.389 e. The Morgan fingerprint density at radius 2 is 2.00 bits per heavy atom. The number of rotatable bonds is 9. The van der Waals surface area contributed by atoms with Crippen molar-refractivity contribution in [2.24, 2.45) is 5.92 Å². The molecule has 1 N–H and O–H groups in total. The lowest BCUT2D eigenvalue weighted by Gasteiger charge is -2.37. The van der Waals surface area contributed by atoms with Gasteiger partial charge in [-0.25, -0.2) is 4.39 Å². The van der Waals surface area contributed by atoms with Crippen LogP contribution in [0, 0.1) is 11.7 Å². The summed E-state index contributed by atoms with van der Waals surface area (Å²) >= 11 is 0. The molecule has 1 fully saturated rings. The summed E-state index contributed by atoms with van der Waals surface area (Å²) in [5, 5.41) is 10.3. The Balaban J connectivity index is 1.94. The largest absolute Gasteiger partial charge is 0.389 e. The van der Waals surface area contributed by atoms with Crippen LogP contribution in [0.1, 0.15) is 45.0 Å². The van der Waals surface area contributed by atoms with Crippen LogP contribution in [0.4, 0.5) is 4.39 Å². The molecule has 0 aromatic heterocycles. The highest BCUT2D eigenvalue weighted by Crippen LogP contribution is 2.14. The van der Waals surface area contributed by atoms with Crippen LogP contribution in [0.5, 0.6) is 0 Å². The number of β-amino-alcohol motifs (C(OH)–C–C–N with tert-alkyl or cyclic N) is 1. The normalized spacial score (nSPS) is 19.1. The van der Waals surface area contributed by atoms with E-state index < -0.39 is 6.10 Å². The number of aliphatic hydroxyl groups is 1. The van der Waals surface area contributed by atoms with E-state index in [4.69, 9.17) is 9.47 Å². The standard InChI is InChI=1S/C23H37FN2O4/c1-17(2)12-26(22(28)18-6-8-19(24)9-7-18)15-21-14-25(10-11-29-21)13-20(27)16-30-23(3,4)5/h6-9,17,20-21,27H,10-16H2,1-5H3/t20-,21-/m0/s1. The third-order valence-electron chi connectivity index (χ3n) is 4.79. The molecule has 30 heavy (non-hydrogen) atoms. The van der Waals surface area contributed by atoms with Gasteiger partial charge >= 0.3 is 0 Å². The fourth-order valence-electron chi connectivity index (χ4n) is 3.46. The van der Waals surface area contributed by atoms with Crippen molar-refractivity contribution in [2.45, 2.75) is 52.4 Å². The van der Waals surface area contributed by atoms with E-state index >= 15 is 0 Å². The number of carbonyl (C=O) groups excluding carboxylic acids is 1. The second-order valence-electron chi connectivity index (χ2n) is 9.44. The van der Waals surface area contributed by atoms with Crippen LogP contribution in [-0.4, -0.2) is 84.6 Å². The lowest BCUT2D eigenvalue weighted by atomic mass is 10.1. The zero-order chi connectivity index (χ0) is 22.3. The predicted molar refractivity (Wildman–Crippen MR) is 115 cm³/mol. The first-order valence-corrected chi connectivity index (χ1v) is 10.7. The highest BCUT2D eigenvalue weighted by atomic mass is 19.1. The van der Waals surface area contributed by atoms with Crippen molar-refractivity contribution in [3.05, 3.63) is 35.6 Å². The van der Waals surface area contributed by atoms with Crippen LogP contribution >= 0.6 is 0 Å². The average Bonchev–Trinajstić information content (AvgIpc) is 2.65. The molecule has 0 saturated carbocycles. The Kier molecular flexibility index (Phi) is 9.22. The van der Waals surface area contributed by atoms with Gasteiger partial charge in [-0.15, -0.1) is 0 Å². The average molecular weight is 425 g/mol. The van der Waals surface area contributed by atoms with Crippen molar-refractivity contribution in [1.82, 2.24) is 9.80 Å². The zero-order valence-electron chi connectivity index (χ0n) is 18.9. The molecule has 0 spiro atoms. The summed E-state index contributed by atoms with van der Waals surface area (Å²) in [6, 6.07) is 5.65. The summed E-state index contributed by atoms with van der Waals surface area (Å²) in [5.74, 6) is -0.185. The molecular weight excluding hydrogens is 387 g/mol. The van der Waals surface area contributed by atoms with Crippen molar-refractivity contribution in [2.75, 3.05) is 45.9 Å². The summed E-state index contributed by atoms with van der Waals surface area (Å²) in [5.41, 5.74) is 0.187. The van der Waals surface area contributed by atoms with Gasteiger partial charge in [0.2, 0.25) is 0 Å². The minimum atomic E-state index is -0.574. The highest BCUT2D eigenvalue weighted by molar-refractivity contribution is 5.94. The topological polar surface area (TPSA) is 62.2 Å². The third kappa shape index (κ3) is 8.68. The molecule has 2 atom stereocenters. The van der Waals surface area contributed by atoms with E-state index in [1.54, 1.807) is 4.90 Å². The van der Waals surface area contributed by atoms with E-state index in [1.165, 1.54) is 24.3 Å². The molecule has 1 saturated heterocycles. The van der Waals surface area contributed by atoms with Crippen LogP contribution in [0.15, 0.2) is 24.3 Å². The first kappa shape index (κ1) is 24.7.